The zero-order valence-electron chi connectivity index (χ0n) is 25.2. The van der Waals surface area contributed by atoms with Crippen LogP contribution in [0.15, 0.2) is 89.9 Å². The van der Waals surface area contributed by atoms with Crippen molar-refractivity contribution in [3.05, 3.63) is 102 Å². The van der Waals surface area contributed by atoms with Crippen molar-refractivity contribution < 1.29 is 23.9 Å². The number of anilines is 1. The molecule has 1 atom stereocenters. The highest BCUT2D eigenvalue weighted by Crippen LogP contribution is 2.27. The maximum Gasteiger partial charge on any atom is 0.414 e. The maximum absolute atomic E-state index is 13.4. The molecule has 0 radical (unpaired) electrons. The van der Waals surface area contributed by atoms with Crippen LogP contribution < -0.4 is 10.6 Å². The fourth-order valence-electron chi connectivity index (χ4n) is 5.56. The van der Waals surface area contributed by atoms with Crippen LogP contribution in [-0.4, -0.2) is 91.6 Å². The molecule has 0 spiro atoms. The Kier molecular flexibility index (Phi) is 10.0. The van der Waals surface area contributed by atoms with E-state index >= 15 is 0 Å². The maximum atomic E-state index is 13.4. The summed E-state index contributed by atoms with van der Waals surface area (Å²) in [5.41, 5.74) is 9.24. The van der Waals surface area contributed by atoms with Crippen LogP contribution in [0.1, 0.15) is 36.5 Å². The van der Waals surface area contributed by atoms with E-state index in [0.29, 0.717) is 24.3 Å². The van der Waals surface area contributed by atoms with Gasteiger partial charge in [-0.15, -0.1) is 0 Å². The molecule has 2 N–H and O–H groups in total. The molecule has 3 aromatic rings. The van der Waals surface area contributed by atoms with Crippen LogP contribution in [-0.2, 0) is 19.1 Å². The van der Waals surface area contributed by atoms with Gasteiger partial charge in [0, 0.05) is 44.0 Å². The number of ether oxygens (including phenoxy) is 2. The van der Waals surface area contributed by atoms with Crippen LogP contribution >= 0.6 is 0 Å². The zero-order valence-corrected chi connectivity index (χ0v) is 25.2. The molecule has 2 aliphatic heterocycles. The van der Waals surface area contributed by atoms with E-state index in [2.05, 4.69) is 14.8 Å². The van der Waals surface area contributed by atoms with Gasteiger partial charge in [0.25, 0.3) is 5.91 Å². The molecule has 2 aliphatic rings. The van der Waals surface area contributed by atoms with Gasteiger partial charge in [0.15, 0.2) is 0 Å². The molecule has 0 bridgehead atoms. The fourth-order valence-corrected chi connectivity index (χ4v) is 5.56. The number of esters is 1. The first-order valence-corrected chi connectivity index (χ1v) is 15.0. The van der Waals surface area contributed by atoms with E-state index in [9.17, 15) is 14.4 Å². The van der Waals surface area contributed by atoms with E-state index in [0.717, 1.165) is 37.3 Å². The minimum atomic E-state index is -0.573. The number of carbonyl (C=O) groups excluding carboxylic acids is 3. The summed E-state index contributed by atoms with van der Waals surface area (Å²) in [6.45, 7) is 8.10. The minimum absolute atomic E-state index is 0.108. The third-order valence-electron chi connectivity index (χ3n) is 7.74. The lowest BCUT2D eigenvalue weighted by molar-refractivity contribution is -0.149. The standard InChI is InChI=1S/C34H39N5O5/c1-24(2)43-30(40)23-38-19-17-37(18-20-38)21-29-22-39(34(42)44-29)28-15-13-27(14-16-28)32(35)36-33(41)31(25-9-5-3-6-10-25)26-11-7-4-8-12-26/h3-16,24,29,31H,17-23H2,1-2H3,(H2,35,36,41). The average Bonchev–Trinajstić information content (AvgIpc) is 3.38. The van der Waals surface area contributed by atoms with Crippen LogP contribution in [0.2, 0.25) is 0 Å². The van der Waals surface area contributed by atoms with E-state index in [-0.39, 0.29) is 36.5 Å². The number of nitrogens with zero attached hydrogens (tertiary/aromatic N) is 4. The second-order valence-electron chi connectivity index (χ2n) is 11.4. The smallest absolute Gasteiger partial charge is 0.414 e. The number of piperazine rings is 1. The van der Waals surface area contributed by atoms with Crippen molar-refractivity contribution in [2.24, 2.45) is 10.7 Å². The molecule has 44 heavy (non-hydrogen) atoms. The average molecular weight is 598 g/mol. The van der Waals surface area contributed by atoms with Gasteiger partial charge < -0.3 is 15.2 Å². The van der Waals surface area contributed by atoms with E-state index < -0.39 is 12.0 Å². The summed E-state index contributed by atoms with van der Waals surface area (Å²) >= 11 is 0. The molecule has 2 fully saturated rings. The second-order valence-corrected chi connectivity index (χ2v) is 11.4. The number of nitrogens with two attached hydrogens (primary N) is 1. The first-order valence-electron chi connectivity index (χ1n) is 15.0. The Bertz CT molecular complexity index is 1410. The van der Waals surface area contributed by atoms with E-state index in [4.69, 9.17) is 15.2 Å². The van der Waals surface area contributed by atoms with Crippen LogP contribution in [0.4, 0.5) is 10.5 Å². The number of benzene rings is 3. The van der Waals surface area contributed by atoms with Gasteiger partial charge in [-0.3, -0.25) is 24.3 Å². The van der Waals surface area contributed by atoms with Crippen LogP contribution in [0.5, 0.6) is 0 Å². The van der Waals surface area contributed by atoms with Crippen molar-refractivity contribution in [3.63, 3.8) is 0 Å². The topological polar surface area (TPSA) is 118 Å². The van der Waals surface area contributed by atoms with E-state index in [1.54, 1.807) is 29.2 Å². The van der Waals surface area contributed by atoms with Gasteiger partial charge in [0.1, 0.15) is 11.9 Å². The molecule has 2 amide bonds. The van der Waals surface area contributed by atoms with Gasteiger partial charge in [0.05, 0.1) is 25.1 Å². The van der Waals surface area contributed by atoms with Crippen molar-refractivity contribution in [1.29, 1.82) is 0 Å². The Hall–Kier alpha value is -4.54. The van der Waals surface area contributed by atoms with Gasteiger partial charge >= 0.3 is 12.1 Å². The van der Waals surface area contributed by atoms with Crippen LogP contribution in [0.25, 0.3) is 0 Å². The fraction of sp³-hybridized carbons (Fsp3) is 0.353. The Morgan fingerprint density at radius 3 is 2.02 bits per heavy atom. The van der Waals surface area contributed by atoms with Gasteiger partial charge in [-0.25, -0.2) is 4.79 Å². The molecule has 1 unspecified atom stereocenters. The Balaban J connectivity index is 1.17. The summed E-state index contributed by atoms with van der Waals surface area (Å²) in [6, 6.07) is 26.1. The summed E-state index contributed by atoms with van der Waals surface area (Å²) in [7, 11) is 0. The first kappa shape index (κ1) is 30.9. The molecule has 0 saturated carbocycles. The molecule has 2 saturated heterocycles. The largest absolute Gasteiger partial charge is 0.462 e. The highest BCUT2D eigenvalue weighted by molar-refractivity contribution is 6.06. The van der Waals surface area contributed by atoms with Crippen molar-refractivity contribution in [3.8, 4) is 0 Å². The van der Waals surface area contributed by atoms with Gasteiger partial charge in [-0.1, -0.05) is 60.7 Å². The van der Waals surface area contributed by atoms with Crippen LogP contribution in [0.3, 0.4) is 0 Å². The molecule has 0 aromatic heterocycles. The molecule has 10 nitrogen and oxygen atoms in total. The third-order valence-corrected chi connectivity index (χ3v) is 7.74. The molecule has 0 aliphatic carbocycles. The first-order chi connectivity index (χ1) is 21.3. The highest BCUT2D eigenvalue weighted by Gasteiger charge is 2.34. The lowest BCUT2D eigenvalue weighted by atomic mass is 9.90. The van der Waals surface area contributed by atoms with Gasteiger partial charge in [0.2, 0.25) is 0 Å². The number of hydrogen-bond acceptors (Lipinski definition) is 7. The number of amides is 2. The summed E-state index contributed by atoms with van der Waals surface area (Å²) in [5, 5.41) is 0. The number of rotatable bonds is 10. The molecule has 230 valence electrons. The molecule has 10 heteroatoms. The number of hydrogen-bond donors (Lipinski definition) is 1. The highest BCUT2D eigenvalue weighted by atomic mass is 16.6. The van der Waals surface area contributed by atoms with Crippen LogP contribution in [0, 0.1) is 0 Å². The number of amidine groups is 1. The quantitative estimate of drug-likeness (QED) is 0.214. The van der Waals surface area contributed by atoms with Crippen molar-refractivity contribution in [2.45, 2.75) is 32.0 Å². The van der Waals surface area contributed by atoms with Crippen molar-refractivity contribution in [2.75, 3.05) is 50.7 Å². The summed E-state index contributed by atoms with van der Waals surface area (Å²) in [6.07, 6.45) is -0.785. The predicted octanol–water partition coefficient (Wildman–Crippen LogP) is 3.65. The summed E-state index contributed by atoms with van der Waals surface area (Å²) < 4.78 is 10.9. The Morgan fingerprint density at radius 2 is 1.45 bits per heavy atom. The molecular weight excluding hydrogens is 558 g/mol. The number of aliphatic imine (C=N–C) groups is 1. The number of cyclic esters (lactones) is 1. The van der Waals surface area contributed by atoms with Gasteiger partial charge in [-0.05, 0) is 49.2 Å². The molecule has 2 heterocycles. The number of carbonyl (C=O) groups is 3. The minimum Gasteiger partial charge on any atom is -0.462 e. The van der Waals surface area contributed by atoms with Crippen molar-refractivity contribution >= 4 is 29.5 Å². The Morgan fingerprint density at radius 1 is 0.886 bits per heavy atom. The van der Waals surface area contributed by atoms with Gasteiger partial charge in [-0.2, -0.15) is 4.99 Å². The van der Waals surface area contributed by atoms with E-state index in [1.165, 1.54) is 0 Å². The molecule has 5 rings (SSSR count). The monoisotopic (exact) mass is 597 g/mol. The molecule has 3 aromatic carbocycles. The Labute approximate surface area is 258 Å². The lowest BCUT2D eigenvalue weighted by Crippen LogP contribution is -2.50. The summed E-state index contributed by atoms with van der Waals surface area (Å²) in [5.74, 6) is -1.03. The SMILES string of the molecule is CC(C)OC(=O)CN1CCN(CC2CN(c3ccc(C(N)=NC(=O)C(c4ccccc4)c4ccccc4)cc3)C(=O)O2)CC1. The molecular formula is C34H39N5O5. The van der Waals surface area contributed by atoms with Crippen molar-refractivity contribution in [1.82, 2.24) is 9.80 Å². The lowest BCUT2D eigenvalue weighted by Gasteiger charge is -2.34. The summed E-state index contributed by atoms with van der Waals surface area (Å²) in [4.78, 5) is 48.3. The zero-order chi connectivity index (χ0) is 31.1. The predicted molar refractivity (Wildman–Crippen MR) is 169 cm³/mol. The third kappa shape index (κ3) is 7.89. The second kappa shape index (κ2) is 14.3. The normalized spacial score (nSPS) is 18.1. The van der Waals surface area contributed by atoms with E-state index in [1.807, 2.05) is 74.5 Å².